The largest absolute Gasteiger partial charge is 0.507 e. The van der Waals surface area contributed by atoms with Crippen LogP contribution < -0.4 is 0 Å². The van der Waals surface area contributed by atoms with Crippen LogP contribution in [0.2, 0.25) is 0 Å². The van der Waals surface area contributed by atoms with Crippen LogP contribution in [-0.2, 0) is 4.74 Å². The van der Waals surface area contributed by atoms with Gasteiger partial charge in [-0.15, -0.1) is 0 Å². The van der Waals surface area contributed by atoms with E-state index in [9.17, 15) is 9.90 Å². The molecule has 0 fully saturated rings. The molecule has 3 heteroatoms. The van der Waals surface area contributed by atoms with Crippen molar-refractivity contribution in [1.82, 2.24) is 0 Å². The number of rotatable bonds is 3. The van der Waals surface area contributed by atoms with Gasteiger partial charge in [0.05, 0.1) is 5.56 Å². The topological polar surface area (TPSA) is 46.5 Å². The van der Waals surface area contributed by atoms with Gasteiger partial charge in [-0.3, -0.25) is 0 Å². The number of hydrogen-bond acceptors (Lipinski definition) is 3. The maximum atomic E-state index is 12.0. The molecule has 2 aromatic rings. The number of carbonyl (C=O) groups excluding carboxylic acids is 1. The zero-order valence-corrected chi connectivity index (χ0v) is 14.5. The van der Waals surface area contributed by atoms with Gasteiger partial charge in [0, 0.05) is 5.56 Å². The van der Waals surface area contributed by atoms with E-state index < -0.39 is 0 Å². The second-order valence-corrected chi connectivity index (χ2v) is 6.80. The molecule has 0 spiro atoms. The summed E-state index contributed by atoms with van der Waals surface area (Å²) in [5.74, 6) is 1.03. The Kier molecular flexibility index (Phi) is 4.18. The standard InChI is InChI=1S/C21H22O3/c1-12(2)17-9-14(10-18(13(3)4)20(17)22)11-19-15-7-5-6-8-16(15)21(23)24-19/h5-13,22H,1-4H3. The van der Waals surface area contributed by atoms with E-state index in [1.54, 1.807) is 6.07 Å². The van der Waals surface area contributed by atoms with Gasteiger partial charge in [-0.25, -0.2) is 4.79 Å². The van der Waals surface area contributed by atoms with Crippen molar-refractivity contribution < 1.29 is 14.6 Å². The molecule has 0 bridgehead atoms. The first-order chi connectivity index (χ1) is 11.4. The van der Waals surface area contributed by atoms with Crippen molar-refractivity contribution in [2.24, 2.45) is 0 Å². The SMILES string of the molecule is CC(C)c1cc(C=C2OC(=O)c3ccccc32)cc(C(C)C)c1O. The molecular weight excluding hydrogens is 300 g/mol. The summed E-state index contributed by atoms with van der Waals surface area (Å²) < 4.78 is 5.43. The van der Waals surface area contributed by atoms with Crippen molar-refractivity contribution in [3.8, 4) is 5.75 Å². The fraction of sp³-hybridized carbons (Fsp3) is 0.286. The van der Waals surface area contributed by atoms with Crippen LogP contribution in [0, 0.1) is 0 Å². The minimum absolute atomic E-state index is 0.208. The molecule has 0 saturated heterocycles. The third kappa shape index (κ3) is 2.82. The molecule has 24 heavy (non-hydrogen) atoms. The van der Waals surface area contributed by atoms with E-state index in [0.717, 1.165) is 22.3 Å². The van der Waals surface area contributed by atoms with Crippen LogP contribution in [0.3, 0.4) is 0 Å². The number of fused-ring (bicyclic) bond motifs is 1. The molecule has 1 heterocycles. The van der Waals surface area contributed by atoms with E-state index in [4.69, 9.17) is 4.74 Å². The highest BCUT2D eigenvalue weighted by Gasteiger charge is 2.26. The highest BCUT2D eigenvalue weighted by molar-refractivity contribution is 6.05. The predicted molar refractivity (Wildman–Crippen MR) is 96.0 cm³/mol. The highest BCUT2D eigenvalue weighted by Crippen LogP contribution is 2.37. The molecule has 2 aromatic carbocycles. The smallest absolute Gasteiger partial charge is 0.344 e. The van der Waals surface area contributed by atoms with Crippen molar-refractivity contribution in [2.75, 3.05) is 0 Å². The summed E-state index contributed by atoms with van der Waals surface area (Å²) in [6, 6.07) is 11.3. The number of hydrogen-bond donors (Lipinski definition) is 1. The lowest BCUT2D eigenvalue weighted by Gasteiger charge is -2.16. The number of benzene rings is 2. The van der Waals surface area contributed by atoms with Crippen molar-refractivity contribution >= 4 is 17.8 Å². The molecule has 0 atom stereocenters. The number of esters is 1. The van der Waals surface area contributed by atoms with Gasteiger partial charge in [0.1, 0.15) is 11.5 Å². The predicted octanol–water partition coefficient (Wildman–Crippen LogP) is 5.31. The minimum Gasteiger partial charge on any atom is -0.507 e. The number of ether oxygens (including phenoxy) is 1. The van der Waals surface area contributed by atoms with Crippen molar-refractivity contribution in [3.05, 3.63) is 64.2 Å². The zero-order chi connectivity index (χ0) is 17.4. The molecular formula is C21H22O3. The first kappa shape index (κ1) is 16.3. The third-order valence-corrected chi connectivity index (χ3v) is 4.35. The lowest BCUT2D eigenvalue weighted by Crippen LogP contribution is -1.97. The maximum Gasteiger partial charge on any atom is 0.344 e. The van der Waals surface area contributed by atoms with Crippen LogP contribution >= 0.6 is 0 Å². The Morgan fingerprint density at radius 1 is 0.958 bits per heavy atom. The van der Waals surface area contributed by atoms with Crippen LogP contribution in [0.15, 0.2) is 36.4 Å². The Bertz CT molecular complexity index is 800. The Morgan fingerprint density at radius 3 is 2.04 bits per heavy atom. The molecule has 0 aromatic heterocycles. The van der Waals surface area contributed by atoms with E-state index in [0.29, 0.717) is 17.1 Å². The first-order valence-electron chi connectivity index (χ1n) is 8.28. The van der Waals surface area contributed by atoms with E-state index in [1.165, 1.54) is 0 Å². The third-order valence-electron chi connectivity index (χ3n) is 4.35. The second kappa shape index (κ2) is 6.16. The molecule has 0 saturated carbocycles. The van der Waals surface area contributed by atoms with Crippen LogP contribution in [0.4, 0.5) is 0 Å². The van der Waals surface area contributed by atoms with Crippen LogP contribution in [-0.4, -0.2) is 11.1 Å². The van der Waals surface area contributed by atoms with Crippen molar-refractivity contribution in [1.29, 1.82) is 0 Å². The van der Waals surface area contributed by atoms with Gasteiger partial charge < -0.3 is 9.84 Å². The molecule has 0 amide bonds. The van der Waals surface area contributed by atoms with Crippen molar-refractivity contribution in [2.45, 2.75) is 39.5 Å². The van der Waals surface area contributed by atoms with Gasteiger partial charge in [0.15, 0.2) is 0 Å². The summed E-state index contributed by atoms with van der Waals surface area (Å²) in [7, 11) is 0. The zero-order valence-electron chi connectivity index (χ0n) is 14.5. The minimum atomic E-state index is -0.316. The summed E-state index contributed by atoms with van der Waals surface area (Å²) >= 11 is 0. The van der Waals surface area contributed by atoms with Gasteiger partial charge in [0.2, 0.25) is 0 Å². The molecule has 1 aliphatic heterocycles. The molecule has 0 radical (unpaired) electrons. The molecule has 3 rings (SSSR count). The van der Waals surface area contributed by atoms with Crippen LogP contribution in [0.25, 0.3) is 11.8 Å². The number of carbonyl (C=O) groups is 1. The second-order valence-electron chi connectivity index (χ2n) is 6.80. The monoisotopic (exact) mass is 322 g/mol. The van der Waals surface area contributed by atoms with Crippen LogP contribution in [0.1, 0.15) is 72.1 Å². The Hall–Kier alpha value is -2.55. The van der Waals surface area contributed by atoms with Gasteiger partial charge in [-0.05, 0) is 52.8 Å². The number of phenols is 1. The lowest BCUT2D eigenvalue weighted by atomic mass is 9.91. The Morgan fingerprint density at radius 2 is 1.50 bits per heavy atom. The summed E-state index contributed by atoms with van der Waals surface area (Å²) in [5.41, 5.74) is 4.15. The number of phenolic OH excluding ortho intramolecular Hbond substituents is 1. The normalized spacial score (nSPS) is 15.2. The van der Waals surface area contributed by atoms with E-state index in [-0.39, 0.29) is 17.8 Å². The molecule has 1 aliphatic rings. The lowest BCUT2D eigenvalue weighted by molar-refractivity contribution is 0.0717. The summed E-state index contributed by atoms with van der Waals surface area (Å²) in [6.07, 6.45) is 1.88. The summed E-state index contributed by atoms with van der Waals surface area (Å²) in [6.45, 7) is 8.23. The van der Waals surface area contributed by atoms with E-state index >= 15 is 0 Å². The average Bonchev–Trinajstić information content (AvgIpc) is 2.85. The number of cyclic esters (lactones) is 1. The Labute approximate surface area is 142 Å². The van der Waals surface area contributed by atoms with Crippen molar-refractivity contribution in [3.63, 3.8) is 0 Å². The Balaban J connectivity index is 2.13. The number of aromatic hydroxyl groups is 1. The average molecular weight is 322 g/mol. The van der Waals surface area contributed by atoms with Gasteiger partial charge in [-0.1, -0.05) is 45.9 Å². The quantitative estimate of drug-likeness (QED) is 0.779. The van der Waals surface area contributed by atoms with Crippen LogP contribution in [0.5, 0.6) is 5.75 Å². The molecule has 3 nitrogen and oxygen atoms in total. The molecule has 1 N–H and O–H groups in total. The fourth-order valence-electron chi connectivity index (χ4n) is 3.01. The van der Waals surface area contributed by atoms with Gasteiger partial charge >= 0.3 is 5.97 Å². The molecule has 0 aliphatic carbocycles. The summed E-state index contributed by atoms with van der Waals surface area (Å²) in [5, 5.41) is 10.5. The highest BCUT2D eigenvalue weighted by atomic mass is 16.5. The maximum absolute atomic E-state index is 12.0. The summed E-state index contributed by atoms with van der Waals surface area (Å²) in [4.78, 5) is 12.0. The first-order valence-corrected chi connectivity index (χ1v) is 8.28. The van der Waals surface area contributed by atoms with E-state index in [1.807, 2.05) is 36.4 Å². The van der Waals surface area contributed by atoms with Gasteiger partial charge in [-0.2, -0.15) is 0 Å². The molecule has 124 valence electrons. The fourth-order valence-corrected chi connectivity index (χ4v) is 3.01. The molecule has 0 unspecified atom stereocenters. The van der Waals surface area contributed by atoms with E-state index in [2.05, 4.69) is 27.7 Å². The van der Waals surface area contributed by atoms with Gasteiger partial charge in [0.25, 0.3) is 0 Å².